The third kappa shape index (κ3) is 5.45. The van der Waals surface area contributed by atoms with E-state index in [-0.39, 0.29) is 42.9 Å². The lowest BCUT2D eigenvalue weighted by Gasteiger charge is -2.25. The topological polar surface area (TPSA) is 64.3 Å². The standard InChI is InChI=1S/C14H19FN2O2.ClH/c15-10-2-1-3-12(8-10)17-14(18)9-19-13-6-4-11(16)5-7-13;/h1-3,8,11,13H,4-7,9,16H2,(H,17,18);1H. The first kappa shape index (κ1) is 16.9. The van der Waals surface area contributed by atoms with Gasteiger partial charge in [0.1, 0.15) is 12.4 Å². The van der Waals surface area contributed by atoms with Crippen molar-refractivity contribution in [3.8, 4) is 0 Å². The van der Waals surface area contributed by atoms with Crippen molar-refractivity contribution in [2.24, 2.45) is 5.73 Å². The molecule has 2 rings (SSSR count). The van der Waals surface area contributed by atoms with Crippen molar-refractivity contribution in [1.82, 2.24) is 0 Å². The lowest BCUT2D eigenvalue weighted by atomic mass is 9.94. The van der Waals surface area contributed by atoms with Gasteiger partial charge in [-0.1, -0.05) is 6.07 Å². The zero-order chi connectivity index (χ0) is 13.7. The zero-order valence-corrected chi connectivity index (χ0v) is 12.0. The summed E-state index contributed by atoms with van der Waals surface area (Å²) in [5.74, 6) is -0.638. The molecule has 112 valence electrons. The number of halogens is 2. The van der Waals surface area contributed by atoms with E-state index in [1.54, 1.807) is 12.1 Å². The maximum Gasteiger partial charge on any atom is 0.250 e. The predicted molar refractivity (Wildman–Crippen MR) is 78.5 cm³/mol. The minimum atomic E-state index is -0.375. The van der Waals surface area contributed by atoms with E-state index in [4.69, 9.17) is 10.5 Å². The number of benzene rings is 1. The maximum atomic E-state index is 12.9. The molecule has 0 aromatic heterocycles. The first-order valence-corrected chi connectivity index (χ1v) is 6.56. The summed E-state index contributed by atoms with van der Waals surface area (Å²) in [7, 11) is 0. The molecule has 0 saturated heterocycles. The van der Waals surface area contributed by atoms with E-state index in [1.165, 1.54) is 12.1 Å². The monoisotopic (exact) mass is 302 g/mol. The van der Waals surface area contributed by atoms with Gasteiger partial charge in [-0.3, -0.25) is 4.79 Å². The number of nitrogens with one attached hydrogen (secondary N) is 1. The molecule has 0 spiro atoms. The van der Waals surface area contributed by atoms with E-state index in [0.29, 0.717) is 5.69 Å². The molecule has 0 atom stereocenters. The Morgan fingerprint density at radius 3 is 2.70 bits per heavy atom. The molecule has 1 aliphatic carbocycles. The quantitative estimate of drug-likeness (QED) is 0.898. The van der Waals surface area contributed by atoms with Crippen LogP contribution in [0.4, 0.5) is 10.1 Å². The van der Waals surface area contributed by atoms with Crippen molar-refractivity contribution in [2.45, 2.75) is 37.8 Å². The number of nitrogens with two attached hydrogens (primary N) is 1. The molecule has 20 heavy (non-hydrogen) atoms. The minimum absolute atomic E-state index is 0. The van der Waals surface area contributed by atoms with Crippen LogP contribution >= 0.6 is 12.4 Å². The van der Waals surface area contributed by atoms with Crippen LogP contribution in [0.3, 0.4) is 0 Å². The van der Waals surface area contributed by atoms with Gasteiger partial charge < -0.3 is 15.8 Å². The SMILES string of the molecule is Cl.NC1CCC(OCC(=O)Nc2cccc(F)c2)CC1. The second-order valence-electron chi connectivity index (χ2n) is 4.91. The van der Waals surface area contributed by atoms with E-state index in [2.05, 4.69) is 5.32 Å². The average molecular weight is 303 g/mol. The molecule has 0 bridgehead atoms. The highest BCUT2D eigenvalue weighted by molar-refractivity contribution is 5.91. The number of amides is 1. The third-order valence-electron chi connectivity index (χ3n) is 3.28. The summed E-state index contributed by atoms with van der Waals surface area (Å²) in [5, 5.41) is 2.60. The Morgan fingerprint density at radius 2 is 2.05 bits per heavy atom. The lowest BCUT2D eigenvalue weighted by molar-refractivity contribution is -0.123. The summed E-state index contributed by atoms with van der Waals surface area (Å²) in [6.45, 7) is -0.00355. The molecule has 1 fully saturated rings. The summed E-state index contributed by atoms with van der Waals surface area (Å²) >= 11 is 0. The molecular weight excluding hydrogens is 283 g/mol. The van der Waals surface area contributed by atoms with Crippen LogP contribution in [0.15, 0.2) is 24.3 Å². The molecule has 0 radical (unpaired) electrons. The fourth-order valence-electron chi connectivity index (χ4n) is 2.21. The third-order valence-corrected chi connectivity index (χ3v) is 3.28. The molecular formula is C14H20ClFN2O2. The van der Waals surface area contributed by atoms with Gasteiger partial charge in [-0.15, -0.1) is 12.4 Å². The normalized spacial score (nSPS) is 21.9. The van der Waals surface area contributed by atoms with Gasteiger partial charge >= 0.3 is 0 Å². The second kappa shape index (κ2) is 8.19. The summed E-state index contributed by atoms with van der Waals surface area (Å²) in [6, 6.07) is 6.06. The number of carbonyl (C=O) groups is 1. The number of hydrogen-bond acceptors (Lipinski definition) is 3. The molecule has 0 heterocycles. The van der Waals surface area contributed by atoms with Crippen molar-refractivity contribution >= 4 is 24.0 Å². The van der Waals surface area contributed by atoms with Crippen LogP contribution in [0, 0.1) is 5.82 Å². The van der Waals surface area contributed by atoms with Crippen LogP contribution in [0.1, 0.15) is 25.7 Å². The first-order chi connectivity index (χ1) is 9.13. The van der Waals surface area contributed by atoms with Gasteiger partial charge in [-0.2, -0.15) is 0 Å². The molecule has 4 nitrogen and oxygen atoms in total. The van der Waals surface area contributed by atoms with Crippen molar-refractivity contribution in [1.29, 1.82) is 0 Å². The summed E-state index contributed by atoms with van der Waals surface area (Å²) < 4.78 is 18.5. The highest BCUT2D eigenvalue weighted by Crippen LogP contribution is 2.19. The van der Waals surface area contributed by atoms with Gasteiger partial charge in [0.25, 0.3) is 0 Å². The van der Waals surface area contributed by atoms with Gasteiger partial charge in [0.05, 0.1) is 6.10 Å². The summed E-state index contributed by atoms with van der Waals surface area (Å²) in [6.07, 6.45) is 3.79. The Balaban J connectivity index is 0.00000200. The van der Waals surface area contributed by atoms with Crippen molar-refractivity contribution in [3.05, 3.63) is 30.1 Å². The molecule has 0 aliphatic heterocycles. The van der Waals surface area contributed by atoms with Crippen molar-refractivity contribution in [2.75, 3.05) is 11.9 Å². The summed E-state index contributed by atoms with van der Waals surface area (Å²) in [5.41, 5.74) is 6.24. The van der Waals surface area contributed by atoms with Gasteiger partial charge in [0.2, 0.25) is 5.91 Å². The van der Waals surface area contributed by atoms with Crippen LogP contribution in [-0.2, 0) is 9.53 Å². The molecule has 1 saturated carbocycles. The molecule has 1 aromatic rings. The molecule has 1 aromatic carbocycles. The number of carbonyl (C=O) groups excluding carboxylic acids is 1. The van der Waals surface area contributed by atoms with Gasteiger partial charge in [-0.05, 0) is 43.9 Å². The largest absolute Gasteiger partial charge is 0.368 e. The van der Waals surface area contributed by atoms with E-state index in [9.17, 15) is 9.18 Å². The molecule has 3 N–H and O–H groups in total. The maximum absolute atomic E-state index is 12.9. The molecule has 1 aliphatic rings. The summed E-state index contributed by atoms with van der Waals surface area (Å²) in [4.78, 5) is 11.6. The van der Waals surface area contributed by atoms with Gasteiger partial charge in [-0.25, -0.2) is 4.39 Å². The van der Waals surface area contributed by atoms with Gasteiger partial charge in [0, 0.05) is 11.7 Å². The smallest absolute Gasteiger partial charge is 0.250 e. The number of hydrogen-bond donors (Lipinski definition) is 2. The average Bonchev–Trinajstić information content (AvgIpc) is 2.38. The number of rotatable bonds is 4. The molecule has 1 amide bonds. The Morgan fingerprint density at radius 1 is 1.35 bits per heavy atom. The number of anilines is 1. The lowest BCUT2D eigenvalue weighted by Crippen LogP contribution is -2.32. The van der Waals surface area contributed by atoms with E-state index >= 15 is 0 Å². The fourth-order valence-corrected chi connectivity index (χ4v) is 2.21. The second-order valence-corrected chi connectivity index (χ2v) is 4.91. The van der Waals surface area contributed by atoms with E-state index in [1.807, 2.05) is 0 Å². The Hall–Kier alpha value is -1.17. The minimum Gasteiger partial charge on any atom is -0.368 e. The fraction of sp³-hybridized carbons (Fsp3) is 0.500. The van der Waals surface area contributed by atoms with Crippen molar-refractivity contribution < 1.29 is 13.9 Å². The Labute approximate surface area is 124 Å². The highest BCUT2D eigenvalue weighted by atomic mass is 35.5. The first-order valence-electron chi connectivity index (χ1n) is 6.56. The van der Waals surface area contributed by atoms with Crippen LogP contribution in [0.2, 0.25) is 0 Å². The van der Waals surface area contributed by atoms with Crippen LogP contribution < -0.4 is 11.1 Å². The van der Waals surface area contributed by atoms with E-state index < -0.39 is 0 Å². The molecule has 0 unspecified atom stereocenters. The Bertz CT molecular complexity index is 437. The Kier molecular flexibility index (Phi) is 6.91. The number of ether oxygens (including phenoxy) is 1. The van der Waals surface area contributed by atoms with Gasteiger partial charge in [0.15, 0.2) is 0 Å². The van der Waals surface area contributed by atoms with Crippen LogP contribution in [-0.4, -0.2) is 24.7 Å². The van der Waals surface area contributed by atoms with Crippen molar-refractivity contribution in [3.63, 3.8) is 0 Å². The van der Waals surface area contributed by atoms with Crippen LogP contribution in [0.5, 0.6) is 0 Å². The van der Waals surface area contributed by atoms with Crippen LogP contribution in [0.25, 0.3) is 0 Å². The predicted octanol–water partition coefficient (Wildman–Crippen LogP) is 2.47. The highest BCUT2D eigenvalue weighted by Gasteiger charge is 2.19. The zero-order valence-electron chi connectivity index (χ0n) is 11.2. The van der Waals surface area contributed by atoms with E-state index in [0.717, 1.165) is 25.7 Å². The molecule has 6 heteroatoms.